The van der Waals surface area contributed by atoms with Crippen LogP contribution in [0.15, 0.2) is 59.9 Å². The van der Waals surface area contributed by atoms with E-state index in [4.69, 9.17) is 0 Å². The lowest BCUT2D eigenvalue weighted by Gasteiger charge is -2.18. The van der Waals surface area contributed by atoms with Gasteiger partial charge in [-0.05, 0) is 24.1 Å². The number of nitrogens with zero attached hydrogens (tertiary/aromatic N) is 2. The van der Waals surface area contributed by atoms with Gasteiger partial charge in [0, 0.05) is 45.0 Å². The third kappa shape index (κ3) is 4.95. The van der Waals surface area contributed by atoms with Gasteiger partial charge in [-0.15, -0.1) is 0 Å². The average Bonchev–Trinajstić information content (AvgIpc) is 3.08. The summed E-state index contributed by atoms with van der Waals surface area (Å²) in [7, 11) is 1.81. The van der Waals surface area contributed by atoms with Gasteiger partial charge in [0.1, 0.15) is 0 Å². The van der Waals surface area contributed by atoms with Crippen molar-refractivity contribution in [3.63, 3.8) is 0 Å². The van der Waals surface area contributed by atoms with Gasteiger partial charge in [-0.1, -0.05) is 37.3 Å². The lowest BCUT2D eigenvalue weighted by molar-refractivity contribution is 0.619. The number of hydrogen-bond acceptors (Lipinski definition) is 1. The summed E-state index contributed by atoms with van der Waals surface area (Å²) in [5.74, 6) is 1.37. The summed E-state index contributed by atoms with van der Waals surface area (Å²) < 4.78 is 2.15. The first-order chi connectivity index (χ1) is 10.8. The molecule has 2 rings (SSSR count). The molecule has 1 atom stereocenters. The van der Waals surface area contributed by atoms with Crippen LogP contribution in [0, 0.1) is 0 Å². The molecule has 0 fully saturated rings. The molecule has 0 amide bonds. The summed E-state index contributed by atoms with van der Waals surface area (Å²) in [5, 5.41) is 6.79. The van der Waals surface area contributed by atoms with Gasteiger partial charge in [-0.3, -0.25) is 4.99 Å². The zero-order valence-electron chi connectivity index (χ0n) is 13.5. The monoisotopic (exact) mass is 298 g/mol. The summed E-state index contributed by atoms with van der Waals surface area (Å²) >= 11 is 0. The van der Waals surface area contributed by atoms with E-state index in [-0.39, 0.29) is 0 Å². The lowest BCUT2D eigenvalue weighted by Crippen LogP contribution is -2.40. The largest absolute Gasteiger partial charge is 0.356 e. The Kier molecular flexibility index (Phi) is 6.55. The van der Waals surface area contributed by atoms with Crippen molar-refractivity contribution >= 4 is 5.96 Å². The average molecular weight is 298 g/mol. The second-order valence-corrected chi connectivity index (χ2v) is 5.32. The highest BCUT2D eigenvalue weighted by Crippen LogP contribution is 2.17. The zero-order valence-corrected chi connectivity index (χ0v) is 13.5. The number of rotatable bonds is 7. The van der Waals surface area contributed by atoms with Crippen molar-refractivity contribution < 1.29 is 0 Å². The molecule has 0 aliphatic heterocycles. The maximum absolute atomic E-state index is 4.29. The van der Waals surface area contributed by atoms with Crippen LogP contribution in [0.25, 0.3) is 0 Å². The van der Waals surface area contributed by atoms with Gasteiger partial charge in [-0.25, -0.2) is 0 Å². The fraction of sp³-hybridized carbons (Fsp3) is 0.389. The predicted molar refractivity (Wildman–Crippen MR) is 93.3 cm³/mol. The van der Waals surface area contributed by atoms with Gasteiger partial charge in [0.05, 0.1) is 0 Å². The van der Waals surface area contributed by atoms with Crippen LogP contribution in [-0.4, -0.2) is 30.7 Å². The van der Waals surface area contributed by atoms with Crippen LogP contribution in [0.2, 0.25) is 0 Å². The molecule has 1 heterocycles. The molecule has 1 aromatic carbocycles. The quantitative estimate of drug-likeness (QED) is 0.609. The molecule has 0 aliphatic rings. The number of benzene rings is 1. The van der Waals surface area contributed by atoms with Gasteiger partial charge in [-0.2, -0.15) is 0 Å². The third-order valence-electron chi connectivity index (χ3n) is 3.83. The fourth-order valence-electron chi connectivity index (χ4n) is 2.49. The Labute approximate surface area is 133 Å². The highest BCUT2D eigenvalue weighted by Gasteiger charge is 2.09. The summed E-state index contributed by atoms with van der Waals surface area (Å²) in [6, 6.07) is 14.7. The van der Waals surface area contributed by atoms with Gasteiger partial charge in [0.2, 0.25) is 0 Å². The second kappa shape index (κ2) is 8.93. The third-order valence-corrected chi connectivity index (χ3v) is 3.83. The number of nitrogens with one attached hydrogen (secondary N) is 2. The van der Waals surface area contributed by atoms with Crippen molar-refractivity contribution in [2.45, 2.75) is 25.8 Å². The molecule has 2 N–H and O–H groups in total. The summed E-state index contributed by atoms with van der Waals surface area (Å²) in [4.78, 5) is 4.29. The van der Waals surface area contributed by atoms with Gasteiger partial charge < -0.3 is 15.2 Å². The minimum atomic E-state index is 0.504. The molecule has 0 saturated carbocycles. The van der Waals surface area contributed by atoms with Crippen molar-refractivity contribution in [2.75, 3.05) is 20.1 Å². The van der Waals surface area contributed by atoms with Crippen LogP contribution in [0.3, 0.4) is 0 Å². The molecule has 0 radical (unpaired) electrons. The van der Waals surface area contributed by atoms with Gasteiger partial charge in [0.25, 0.3) is 0 Å². The molecular formula is C18H26N4. The first-order valence-corrected chi connectivity index (χ1v) is 7.93. The van der Waals surface area contributed by atoms with E-state index in [0.717, 1.165) is 32.0 Å². The van der Waals surface area contributed by atoms with Crippen LogP contribution in [-0.2, 0) is 6.54 Å². The van der Waals surface area contributed by atoms with Crippen LogP contribution in [0.1, 0.15) is 24.8 Å². The maximum Gasteiger partial charge on any atom is 0.191 e. The molecule has 1 aromatic heterocycles. The van der Waals surface area contributed by atoms with E-state index in [0.29, 0.717) is 5.92 Å². The van der Waals surface area contributed by atoms with Crippen molar-refractivity contribution in [3.8, 4) is 0 Å². The normalized spacial score (nSPS) is 12.9. The molecule has 0 spiro atoms. The van der Waals surface area contributed by atoms with Crippen molar-refractivity contribution in [2.24, 2.45) is 4.99 Å². The molecular weight excluding hydrogens is 272 g/mol. The van der Waals surface area contributed by atoms with Crippen molar-refractivity contribution in [1.82, 2.24) is 15.2 Å². The van der Waals surface area contributed by atoms with E-state index < -0.39 is 0 Å². The Morgan fingerprint density at radius 3 is 2.45 bits per heavy atom. The van der Waals surface area contributed by atoms with Crippen LogP contribution in [0.4, 0.5) is 0 Å². The second-order valence-electron chi connectivity index (χ2n) is 5.32. The van der Waals surface area contributed by atoms with E-state index in [9.17, 15) is 0 Å². The van der Waals surface area contributed by atoms with E-state index in [2.05, 4.69) is 69.8 Å². The summed E-state index contributed by atoms with van der Waals surface area (Å²) in [6.07, 6.45) is 5.25. The van der Waals surface area contributed by atoms with Gasteiger partial charge in [0.15, 0.2) is 5.96 Å². The van der Waals surface area contributed by atoms with Crippen molar-refractivity contribution in [3.05, 3.63) is 60.4 Å². The van der Waals surface area contributed by atoms with Crippen molar-refractivity contribution in [1.29, 1.82) is 0 Å². The zero-order chi connectivity index (χ0) is 15.6. The van der Waals surface area contributed by atoms with E-state index in [1.165, 1.54) is 5.56 Å². The van der Waals surface area contributed by atoms with Crippen LogP contribution < -0.4 is 10.6 Å². The highest BCUT2D eigenvalue weighted by atomic mass is 15.2. The molecule has 4 nitrogen and oxygen atoms in total. The van der Waals surface area contributed by atoms with E-state index in [1.807, 2.05) is 19.2 Å². The van der Waals surface area contributed by atoms with Crippen LogP contribution >= 0.6 is 0 Å². The summed E-state index contributed by atoms with van der Waals surface area (Å²) in [5.41, 5.74) is 1.38. The molecule has 1 unspecified atom stereocenters. The predicted octanol–water partition coefficient (Wildman–Crippen LogP) is 2.85. The summed E-state index contributed by atoms with van der Waals surface area (Å²) in [6.45, 7) is 4.91. The highest BCUT2D eigenvalue weighted by molar-refractivity contribution is 5.79. The number of hydrogen-bond donors (Lipinski definition) is 2. The first-order valence-electron chi connectivity index (χ1n) is 7.93. The lowest BCUT2D eigenvalue weighted by atomic mass is 9.97. The molecule has 0 saturated heterocycles. The Hall–Kier alpha value is -2.23. The SMILES string of the molecule is CCC(CNC(=NC)NCCn1cccc1)c1ccccc1. The van der Waals surface area contributed by atoms with Crippen LogP contribution in [0.5, 0.6) is 0 Å². The molecule has 22 heavy (non-hydrogen) atoms. The maximum atomic E-state index is 4.29. The molecule has 0 aliphatic carbocycles. The minimum Gasteiger partial charge on any atom is -0.356 e. The Morgan fingerprint density at radius 1 is 1.09 bits per heavy atom. The molecule has 2 aromatic rings. The van der Waals surface area contributed by atoms with E-state index in [1.54, 1.807) is 0 Å². The fourth-order valence-corrected chi connectivity index (χ4v) is 2.49. The Morgan fingerprint density at radius 2 is 1.82 bits per heavy atom. The minimum absolute atomic E-state index is 0.504. The Balaban J connectivity index is 1.77. The molecule has 4 heteroatoms. The standard InChI is InChI=1S/C18H26N4/c1-3-16(17-9-5-4-6-10-17)15-21-18(19-2)20-11-14-22-12-7-8-13-22/h4-10,12-13,16H,3,11,14-15H2,1-2H3,(H2,19,20,21). The molecule has 0 bridgehead atoms. The molecule has 118 valence electrons. The van der Waals surface area contributed by atoms with Gasteiger partial charge >= 0.3 is 0 Å². The number of guanidine groups is 1. The Bertz CT molecular complexity index is 546. The van der Waals surface area contributed by atoms with E-state index >= 15 is 0 Å². The number of aliphatic imine (C=N–C) groups is 1. The number of aromatic nitrogens is 1. The topological polar surface area (TPSA) is 41.4 Å². The first kappa shape index (κ1) is 16.1. The smallest absolute Gasteiger partial charge is 0.191 e.